The van der Waals surface area contributed by atoms with Gasteiger partial charge < -0.3 is 4.74 Å². The average Bonchev–Trinajstić information content (AvgIpc) is 2.39. The van der Waals surface area contributed by atoms with Crippen molar-refractivity contribution < 1.29 is 9.13 Å². The Morgan fingerprint density at radius 1 is 1.57 bits per heavy atom. The first kappa shape index (κ1) is 9.59. The zero-order chi connectivity index (χ0) is 10.3. The topological polar surface area (TPSA) is 22.1 Å². The van der Waals surface area contributed by atoms with Gasteiger partial charge in [-0.05, 0) is 32.4 Å². The van der Waals surface area contributed by atoms with Gasteiger partial charge in [-0.1, -0.05) is 0 Å². The molecule has 3 heteroatoms. The van der Waals surface area contributed by atoms with E-state index in [1.807, 2.05) is 26.8 Å². The minimum absolute atomic E-state index is 0.412. The van der Waals surface area contributed by atoms with Gasteiger partial charge in [-0.25, -0.2) is 4.39 Å². The molecule has 0 N–H and O–H groups in total. The van der Waals surface area contributed by atoms with E-state index < -0.39 is 18.4 Å². The quantitative estimate of drug-likeness (QED) is 0.687. The molecule has 2 rings (SSSR count). The van der Waals surface area contributed by atoms with E-state index in [4.69, 9.17) is 4.74 Å². The molecular weight excluding hydrogens is 181 g/mol. The number of fused-ring (bicyclic) bond motifs is 1. The molecule has 0 aliphatic carbocycles. The molecule has 0 spiro atoms. The van der Waals surface area contributed by atoms with Gasteiger partial charge in [-0.15, -0.1) is 0 Å². The lowest BCUT2D eigenvalue weighted by Gasteiger charge is -2.20. The number of hydrogen-bond donors (Lipinski definition) is 0. The molecule has 1 unspecified atom stereocenters. The van der Waals surface area contributed by atoms with Crippen LogP contribution in [0.25, 0.3) is 0 Å². The summed E-state index contributed by atoms with van der Waals surface area (Å²) in [7, 11) is 0. The van der Waals surface area contributed by atoms with Gasteiger partial charge in [0.05, 0.1) is 11.3 Å². The fourth-order valence-electron chi connectivity index (χ4n) is 2.18. The molecule has 2 nitrogen and oxygen atoms in total. The second-order valence-corrected chi connectivity index (χ2v) is 4.16. The van der Waals surface area contributed by atoms with Gasteiger partial charge in [0.15, 0.2) is 0 Å². The maximum absolute atomic E-state index is 12.7. The molecule has 2 heterocycles. The monoisotopic (exact) mass is 195 g/mol. The number of aryl methyl sites for hydroxylation is 1. The minimum Gasteiger partial charge on any atom is -0.359 e. The lowest BCUT2D eigenvalue weighted by molar-refractivity contribution is -0.0615. The van der Waals surface area contributed by atoms with Gasteiger partial charge in [-0.3, -0.25) is 4.98 Å². The third kappa shape index (κ3) is 1.23. The van der Waals surface area contributed by atoms with E-state index in [2.05, 4.69) is 4.98 Å². The Bertz CT molecular complexity index is 362. The standard InChI is InChI=1S/C11H14FNO/c1-7-4-5-13-10-8(6-12)14-11(2,3)9(7)10/h4-5,8H,6H2,1-3H3. The molecule has 1 aliphatic rings. The van der Waals surface area contributed by atoms with Crippen LogP contribution in [0.2, 0.25) is 0 Å². The summed E-state index contributed by atoms with van der Waals surface area (Å²) in [6, 6.07) is 1.94. The van der Waals surface area contributed by atoms with Crippen molar-refractivity contribution in [3.63, 3.8) is 0 Å². The zero-order valence-electron chi connectivity index (χ0n) is 8.67. The predicted octanol–water partition coefficient (Wildman–Crippen LogP) is 2.67. The van der Waals surface area contributed by atoms with Gasteiger partial charge >= 0.3 is 0 Å². The average molecular weight is 195 g/mol. The Kier molecular flexibility index (Phi) is 2.07. The highest BCUT2D eigenvalue weighted by molar-refractivity contribution is 5.38. The predicted molar refractivity (Wildman–Crippen MR) is 51.8 cm³/mol. The number of hydrogen-bond acceptors (Lipinski definition) is 2. The number of halogens is 1. The van der Waals surface area contributed by atoms with Crippen LogP contribution in [0.1, 0.15) is 36.8 Å². The van der Waals surface area contributed by atoms with E-state index in [0.717, 1.165) is 16.8 Å². The molecule has 1 atom stereocenters. The summed E-state index contributed by atoms with van der Waals surface area (Å²) in [5, 5.41) is 0. The first-order valence-electron chi connectivity index (χ1n) is 4.76. The van der Waals surface area contributed by atoms with Crippen LogP contribution in [-0.4, -0.2) is 11.7 Å². The van der Waals surface area contributed by atoms with Gasteiger partial charge in [0.2, 0.25) is 0 Å². The molecule has 0 saturated heterocycles. The number of nitrogens with zero attached hydrogens (tertiary/aromatic N) is 1. The maximum Gasteiger partial charge on any atom is 0.129 e. The number of rotatable bonds is 1. The number of ether oxygens (including phenoxy) is 1. The summed E-state index contributed by atoms with van der Waals surface area (Å²) in [4.78, 5) is 4.20. The van der Waals surface area contributed by atoms with Gasteiger partial charge in [-0.2, -0.15) is 0 Å². The molecule has 0 bridgehead atoms. The van der Waals surface area contributed by atoms with Crippen molar-refractivity contribution in [1.82, 2.24) is 4.98 Å². The molecule has 0 saturated carbocycles. The van der Waals surface area contributed by atoms with E-state index in [9.17, 15) is 4.39 Å². The molecule has 0 radical (unpaired) electrons. The van der Waals surface area contributed by atoms with Gasteiger partial charge in [0.1, 0.15) is 12.8 Å². The highest BCUT2D eigenvalue weighted by atomic mass is 19.1. The van der Waals surface area contributed by atoms with Crippen LogP contribution in [0.4, 0.5) is 4.39 Å². The van der Waals surface area contributed by atoms with Gasteiger partial charge in [0, 0.05) is 11.8 Å². The second-order valence-electron chi connectivity index (χ2n) is 4.16. The first-order valence-corrected chi connectivity index (χ1v) is 4.76. The van der Waals surface area contributed by atoms with E-state index in [0.29, 0.717) is 0 Å². The van der Waals surface area contributed by atoms with Crippen molar-refractivity contribution >= 4 is 0 Å². The maximum atomic E-state index is 12.7. The molecule has 0 amide bonds. The number of alkyl halides is 1. The highest BCUT2D eigenvalue weighted by Crippen LogP contribution is 2.43. The second kappa shape index (κ2) is 3.02. The molecule has 0 aromatic carbocycles. The van der Waals surface area contributed by atoms with E-state index in [-0.39, 0.29) is 0 Å². The zero-order valence-corrected chi connectivity index (χ0v) is 8.67. The van der Waals surface area contributed by atoms with Crippen LogP contribution >= 0.6 is 0 Å². The largest absolute Gasteiger partial charge is 0.359 e. The van der Waals surface area contributed by atoms with Crippen molar-refractivity contribution in [2.45, 2.75) is 32.5 Å². The van der Waals surface area contributed by atoms with Crippen LogP contribution in [0.3, 0.4) is 0 Å². The summed E-state index contributed by atoms with van der Waals surface area (Å²) in [5.41, 5.74) is 2.51. The molecule has 0 fully saturated rings. The summed E-state index contributed by atoms with van der Waals surface area (Å²) in [6.45, 7) is 5.41. The molecule has 1 aromatic heterocycles. The molecule has 1 aliphatic heterocycles. The normalized spacial score (nSPS) is 23.6. The summed E-state index contributed by atoms with van der Waals surface area (Å²) in [6.07, 6.45) is 1.22. The van der Waals surface area contributed by atoms with Crippen molar-refractivity contribution in [2.24, 2.45) is 0 Å². The van der Waals surface area contributed by atoms with E-state index in [1.165, 1.54) is 0 Å². The smallest absolute Gasteiger partial charge is 0.129 e. The summed E-state index contributed by atoms with van der Waals surface area (Å²) >= 11 is 0. The third-order valence-electron chi connectivity index (χ3n) is 2.67. The Balaban J connectivity index is 2.59. The first-order chi connectivity index (χ1) is 6.56. The van der Waals surface area contributed by atoms with E-state index in [1.54, 1.807) is 6.20 Å². The third-order valence-corrected chi connectivity index (χ3v) is 2.67. The van der Waals surface area contributed by atoms with Crippen LogP contribution in [-0.2, 0) is 10.3 Å². The van der Waals surface area contributed by atoms with Crippen LogP contribution in [0, 0.1) is 6.92 Å². The Morgan fingerprint density at radius 2 is 2.29 bits per heavy atom. The van der Waals surface area contributed by atoms with Crippen LogP contribution in [0.5, 0.6) is 0 Å². The van der Waals surface area contributed by atoms with Crippen LogP contribution < -0.4 is 0 Å². The Labute approximate surface area is 83.1 Å². The van der Waals surface area contributed by atoms with Crippen LogP contribution in [0.15, 0.2) is 12.3 Å². The molecular formula is C11H14FNO. The SMILES string of the molecule is Cc1ccnc2c1C(C)(C)OC2CF. The fraction of sp³-hybridized carbons (Fsp3) is 0.545. The van der Waals surface area contributed by atoms with Crippen molar-refractivity contribution in [3.05, 3.63) is 29.1 Å². The lowest BCUT2D eigenvalue weighted by Crippen LogP contribution is -2.17. The lowest BCUT2D eigenvalue weighted by atomic mass is 9.94. The van der Waals surface area contributed by atoms with Crippen molar-refractivity contribution in [3.8, 4) is 0 Å². The highest BCUT2D eigenvalue weighted by Gasteiger charge is 2.39. The van der Waals surface area contributed by atoms with Crippen molar-refractivity contribution in [1.29, 1.82) is 0 Å². The van der Waals surface area contributed by atoms with E-state index >= 15 is 0 Å². The Morgan fingerprint density at radius 3 is 2.93 bits per heavy atom. The number of aromatic nitrogens is 1. The molecule has 76 valence electrons. The summed E-state index contributed by atoms with van der Waals surface area (Å²) in [5.74, 6) is 0. The van der Waals surface area contributed by atoms with Gasteiger partial charge in [0.25, 0.3) is 0 Å². The minimum atomic E-state index is -0.507. The Hall–Kier alpha value is -0.960. The molecule has 14 heavy (non-hydrogen) atoms. The number of pyridine rings is 1. The summed E-state index contributed by atoms with van der Waals surface area (Å²) < 4.78 is 18.3. The fourth-order valence-corrected chi connectivity index (χ4v) is 2.18. The molecule has 1 aromatic rings. The van der Waals surface area contributed by atoms with Crippen molar-refractivity contribution in [2.75, 3.05) is 6.67 Å².